The number of benzene rings is 1. The van der Waals surface area contributed by atoms with E-state index in [9.17, 15) is 9.59 Å². The molecular weight excluding hydrogens is 258 g/mol. The second kappa shape index (κ2) is 6.41. The maximum atomic E-state index is 11.8. The summed E-state index contributed by atoms with van der Waals surface area (Å²) in [6.07, 6.45) is 2.64. The van der Waals surface area contributed by atoms with Crippen molar-refractivity contribution in [2.45, 2.75) is 26.2 Å². The minimum Gasteiger partial charge on any atom is -0.493 e. The number of hydrogen-bond donors (Lipinski definition) is 2. The van der Waals surface area contributed by atoms with Gasteiger partial charge in [0.1, 0.15) is 11.3 Å². The summed E-state index contributed by atoms with van der Waals surface area (Å²) in [5, 5.41) is 11.9. The molecule has 1 aromatic rings. The van der Waals surface area contributed by atoms with E-state index in [4.69, 9.17) is 9.84 Å². The van der Waals surface area contributed by atoms with Gasteiger partial charge in [-0.1, -0.05) is 6.07 Å². The number of carbonyl (C=O) groups excluding carboxylic acids is 1. The molecule has 0 spiro atoms. The molecular formula is C15H19NO4. The summed E-state index contributed by atoms with van der Waals surface area (Å²) in [4.78, 5) is 22.8. The van der Waals surface area contributed by atoms with E-state index >= 15 is 0 Å². The van der Waals surface area contributed by atoms with Crippen LogP contribution in [0.4, 0.5) is 0 Å². The Kier molecular flexibility index (Phi) is 4.61. The molecule has 1 amide bonds. The summed E-state index contributed by atoms with van der Waals surface area (Å²) >= 11 is 0. The largest absolute Gasteiger partial charge is 0.493 e. The predicted octanol–water partition coefficient (Wildman–Crippen LogP) is 1.85. The summed E-state index contributed by atoms with van der Waals surface area (Å²) < 4.78 is 5.32. The minimum atomic E-state index is -1.03. The van der Waals surface area contributed by atoms with E-state index < -0.39 is 5.97 Å². The third-order valence-corrected chi connectivity index (χ3v) is 3.23. The molecule has 1 fully saturated rings. The van der Waals surface area contributed by atoms with E-state index in [1.165, 1.54) is 18.9 Å². The van der Waals surface area contributed by atoms with Crippen LogP contribution >= 0.6 is 0 Å². The van der Waals surface area contributed by atoms with Crippen molar-refractivity contribution in [3.8, 4) is 5.75 Å². The van der Waals surface area contributed by atoms with Crippen molar-refractivity contribution in [1.29, 1.82) is 0 Å². The van der Waals surface area contributed by atoms with E-state index in [2.05, 4.69) is 5.32 Å². The van der Waals surface area contributed by atoms with Gasteiger partial charge in [0, 0.05) is 6.54 Å². The lowest BCUT2D eigenvalue weighted by atomic mass is 10.1. The second-order valence-electron chi connectivity index (χ2n) is 4.99. The first-order chi connectivity index (χ1) is 9.60. The highest BCUT2D eigenvalue weighted by molar-refractivity contribution is 5.91. The molecule has 108 valence electrons. The number of rotatable bonds is 7. The van der Waals surface area contributed by atoms with E-state index in [-0.39, 0.29) is 17.9 Å². The van der Waals surface area contributed by atoms with Crippen molar-refractivity contribution >= 4 is 11.9 Å². The molecule has 0 atom stereocenters. The van der Waals surface area contributed by atoms with E-state index in [1.54, 1.807) is 19.1 Å². The Morgan fingerprint density at radius 3 is 2.75 bits per heavy atom. The summed E-state index contributed by atoms with van der Waals surface area (Å²) in [6.45, 7) is 2.92. The van der Waals surface area contributed by atoms with Gasteiger partial charge in [-0.05, 0) is 43.4 Å². The molecule has 0 saturated heterocycles. The number of carbonyl (C=O) groups is 2. The lowest BCUT2D eigenvalue weighted by molar-refractivity contribution is -0.120. The minimum absolute atomic E-state index is 0.0394. The van der Waals surface area contributed by atoms with Gasteiger partial charge in [-0.3, -0.25) is 4.79 Å². The third-order valence-electron chi connectivity index (χ3n) is 3.23. The fraction of sp³-hybridized carbons (Fsp3) is 0.467. The third kappa shape index (κ3) is 3.98. The second-order valence-corrected chi connectivity index (χ2v) is 4.99. The number of amides is 1. The molecule has 0 heterocycles. The molecule has 1 aliphatic rings. The van der Waals surface area contributed by atoms with Crippen LogP contribution in [-0.4, -0.2) is 30.1 Å². The van der Waals surface area contributed by atoms with Crippen LogP contribution < -0.4 is 10.1 Å². The molecule has 1 aliphatic carbocycles. The zero-order chi connectivity index (χ0) is 14.5. The quantitative estimate of drug-likeness (QED) is 0.797. The summed E-state index contributed by atoms with van der Waals surface area (Å²) in [6, 6.07) is 4.77. The Balaban J connectivity index is 2.01. The number of aromatic carboxylic acids is 1. The van der Waals surface area contributed by atoms with Crippen LogP contribution in [-0.2, 0) is 11.2 Å². The van der Waals surface area contributed by atoms with Crippen molar-refractivity contribution in [1.82, 2.24) is 5.32 Å². The van der Waals surface area contributed by atoms with E-state index in [0.29, 0.717) is 18.3 Å². The lowest BCUT2D eigenvalue weighted by Gasteiger charge is -2.10. The summed E-state index contributed by atoms with van der Waals surface area (Å²) in [5.41, 5.74) is 0.876. The van der Waals surface area contributed by atoms with E-state index in [1.807, 2.05) is 0 Å². The highest BCUT2D eigenvalue weighted by atomic mass is 16.5. The number of carboxylic acid groups (broad SMARTS) is 1. The highest BCUT2D eigenvalue weighted by Crippen LogP contribution is 2.27. The van der Waals surface area contributed by atoms with Crippen LogP contribution in [0.2, 0.25) is 0 Å². The van der Waals surface area contributed by atoms with Crippen molar-refractivity contribution < 1.29 is 19.4 Å². The predicted molar refractivity (Wildman–Crippen MR) is 74.0 cm³/mol. The monoisotopic (exact) mass is 277 g/mol. The fourth-order valence-electron chi connectivity index (χ4n) is 1.96. The smallest absolute Gasteiger partial charge is 0.339 e. The highest BCUT2D eigenvalue weighted by Gasteiger charge is 2.21. The topological polar surface area (TPSA) is 75.6 Å². The molecule has 0 bridgehead atoms. The van der Waals surface area contributed by atoms with Crippen LogP contribution in [0.1, 0.15) is 35.7 Å². The molecule has 2 N–H and O–H groups in total. The normalized spacial score (nSPS) is 13.8. The van der Waals surface area contributed by atoms with Crippen LogP contribution in [0.15, 0.2) is 18.2 Å². The van der Waals surface area contributed by atoms with Gasteiger partial charge < -0.3 is 15.2 Å². The van der Waals surface area contributed by atoms with Gasteiger partial charge in [0.2, 0.25) is 5.91 Å². The number of hydrogen-bond acceptors (Lipinski definition) is 3. The molecule has 0 unspecified atom stereocenters. The zero-order valence-electron chi connectivity index (χ0n) is 11.5. The average Bonchev–Trinajstić information content (AvgIpc) is 3.21. The van der Waals surface area contributed by atoms with Crippen molar-refractivity contribution in [3.63, 3.8) is 0 Å². The fourth-order valence-corrected chi connectivity index (χ4v) is 1.96. The Bertz CT molecular complexity index is 509. The first kappa shape index (κ1) is 14.4. The Hall–Kier alpha value is -2.04. The van der Waals surface area contributed by atoms with Gasteiger partial charge >= 0.3 is 5.97 Å². The molecule has 0 aromatic heterocycles. The van der Waals surface area contributed by atoms with Crippen molar-refractivity contribution in [2.24, 2.45) is 5.92 Å². The van der Waals surface area contributed by atoms with Gasteiger partial charge in [-0.25, -0.2) is 4.79 Å². The molecule has 20 heavy (non-hydrogen) atoms. The van der Waals surface area contributed by atoms with Gasteiger partial charge in [-0.15, -0.1) is 0 Å². The molecule has 1 aromatic carbocycles. The summed E-state index contributed by atoms with van der Waals surface area (Å²) in [7, 11) is 0. The Morgan fingerprint density at radius 2 is 2.15 bits per heavy atom. The number of nitrogens with one attached hydrogen (secondary N) is 1. The first-order valence-corrected chi connectivity index (χ1v) is 6.86. The van der Waals surface area contributed by atoms with Crippen LogP contribution in [0.3, 0.4) is 0 Å². The zero-order valence-corrected chi connectivity index (χ0v) is 11.5. The maximum Gasteiger partial charge on any atom is 0.339 e. The molecule has 0 aliphatic heterocycles. The Morgan fingerprint density at radius 1 is 1.40 bits per heavy atom. The van der Waals surface area contributed by atoms with Crippen LogP contribution in [0.25, 0.3) is 0 Å². The lowest BCUT2D eigenvalue weighted by Crippen LogP contribution is -2.27. The van der Waals surface area contributed by atoms with Gasteiger partial charge in [0.05, 0.1) is 13.0 Å². The Labute approximate surface area is 117 Å². The van der Waals surface area contributed by atoms with Gasteiger partial charge in [0.25, 0.3) is 0 Å². The molecule has 5 heteroatoms. The van der Waals surface area contributed by atoms with Gasteiger partial charge in [-0.2, -0.15) is 0 Å². The van der Waals surface area contributed by atoms with Crippen LogP contribution in [0.5, 0.6) is 5.75 Å². The van der Waals surface area contributed by atoms with E-state index in [0.717, 1.165) is 12.1 Å². The number of ether oxygens (including phenoxy) is 1. The van der Waals surface area contributed by atoms with Gasteiger partial charge in [0.15, 0.2) is 0 Å². The molecule has 1 saturated carbocycles. The standard InChI is InChI=1S/C15H19NO4/c1-2-20-13-7-11(5-6-12(13)15(18)19)8-14(17)16-9-10-3-4-10/h5-7,10H,2-4,8-9H2,1H3,(H,16,17)(H,18,19). The molecule has 5 nitrogen and oxygen atoms in total. The first-order valence-electron chi connectivity index (χ1n) is 6.86. The number of carboxylic acids is 1. The molecule has 2 rings (SSSR count). The van der Waals surface area contributed by atoms with Crippen molar-refractivity contribution in [3.05, 3.63) is 29.3 Å². The maximum absolute atomic E-state index is 11.8. The molecule has 0 radical (unpaired) electrons. The SMILES string of the molecule is CCOc1cc(CC(=O)NCC2CC2)ccc1C(=O)O. The van der Waals surface area contributed by atoms with Crippen LogP contribution in [0, 0.1) is 5.92 Å². The van der Waals surface area contributed by atoms with Crippen molar-refractivity contribution in [2.75, 3.05) is 13.2 Å². The summed E-state index contributed by atoms with van der Waals surface area (Å²) in [5.74, 6) is -0.111. The average molecular weight is 277 g/mol.